The molecule has 2 aliphatic rings. The molecule has 2 heteroatoms. The lowest BCUT2D eigenvalue weighted by Crippen LogP contribution is -2.44. The van der Waals surface area contributed by atoms with Crippen LogP contribution in [0.1, 0.15) is 46.0 Å². The Kier molecular flexibility index (Phi) is 3.91. The molecule has 94 valence electrons. The van der Waals surface area contributed by atoms with Gasteiger partial charge in [-0.15, -0.1) is 0 Å². The van der Waals surface area contributed by atoms with Crippen molar-refractivity contribution in [2.24, 2.45) is 11.3 Å². The second-order valence-electron chi connectivity index (χ2n) is 6.62. The van der Waals surface area contributed by atoms with Crippen molar-refractivity contribution in [2.45, 2.75) is 52.0 Å². The van der Waals surface area contributed by atoms with E-state index in [4.69, 9.17) is 0 Å². The SMILES string of the molecule is CNCC1CCCN(C2CCC(C)(C)C2)C1. The van der Waals surface area contributed by atoms with Gasteiger partial charge in [0.25, 0.3) is 0 Å². The Balaban J connectivity index is 1.85. The maximum Gasteiger partial charge on any atom is 0.0101 e. The first kappa shape index (κ1) is 12.4. The normalized spacial score (nSPS) is 35.4. The second kappa shape index (κ2) is 5.05. The average molecular weight is 224 g/mol. The van der Waals surface area contributed by atoms with E-state index in [-0.39, 0.29) is 0 Å². The van der Waals surface area contributed by atoms with E-state index in [0.717, 1.165) is 12.0 Å². The first-order valence-corrected chi connectivity index (χ1v) is 6.99. The predicted molar refractivity (Wildman–Crippen MR) is 69.6 cm³/mol. The van der Waals surface area contributed by atoms with Crippen molar-refractivity contribution < 1.29 is 0 Å². The van der Waals surface area contributed by atoms with E-state index in [1.165, 1.54) is 51.7 Å². The number of piperidine rings is 1. The first-order chi connectivity index (χ1) is 7.61. The second-order valence-corrected chi connectivity index (χ2v) is 6.62. The number of hydrogen-bond donors (Lipinski definition) is 1. The van der Waals surface area contributed by atoms with Gasteiger partial charge in [0.2, 0.25) is 0 Å². The van der Waals surface area contributed by atoms with Crippen LogP contribution in [0.25, 0.3) is 0 Å². The van der Waals surface area contributed by atoms with Crippen molar-refractivity contribution in [3.8, 4) is 0 Å². The highest BCUT2D eigenvalue weighted by molar-refractivity contribution is 4.90. The van der Waals surface area contributed by atoms with Crippen molar-refractivity contribution >= 4 is 0 Å². The van der Waals surface area contributed by atoms with E-state index in [2.05, 4.69) is 31.1 Å². The molecule has 1 saturated carbocycles. The lowest BCUT2D eigenvalue weighted by Gasteiger charge is -2.37. The third kappa shape index (κ3) is 2.98. The molecule has 0 radical (unpaired) electrons. The Morgan fingerprint density at radius 3 is 2.75 bits per heavy atom. The Morgan fingerprint density at radius 2 is 2.12 bits per heavy atom. The standard InChI is InChI=1S/C14H28N2/c1-14(2)7-6-13(9-14)16-8-4-5-12(11-16)10-15-3/h12-13,15H,4-11H2,1-3H3. The van der Waals surface area contributed by atoms with Gasteiger partial charge in [-0.1, -0.05) is 13.8 Å². The Morgan fingerprint density at radius 1 is 1.31 bits per heavy atom. The van der Waals surface area contributed by atoms with Gasteiger partial charge in [-0.05, 0) is 63.6 Å². The number of nitrogens with zero attached hydrogens (tertiary/aromatic N) is 1. The fraction of sp³-hybridized carbons (Fsp3) is 1.00. The minimum Gasteiger partial charge on any atom is -0.319 e. The van der Waals surface area contributed by atoms with Crippen LogP contribution < -0.4 is 5.32 Å². The molecule has 2 nitrogen and oxygen atoms in total. The Hall–Kier alpha value is -0.0800. The molecular weight excluding hydrogens is 196 g/mol. The summed E-state index contributed by atoms with van der Waals surface area (Å²) in [5, 5.41) is 3.34. The minimum atomic E-state index is 0.598. The summed E-state index contributed by atoms with van der Waals surface area (Å²) < 4.78 is 0. The van der Waals surface area contributed by atoms with E-state index in [1.54, 1.807) is 0 Å². The smallest absolute Gasteiger partial charge is 0.0101 e. The predicted octanol–water partition coefficient (Wildman–Crippen LogP) is 2.50. The molecule has 1 aliphatic carbocycles. The molecule has 1 heterocycles. The van der Waals surface area contributed by atoms with Gasteiger partial charge in [-0.2, -0.15) is 0 Å². The third-order valence-corrected chi connectivity index (χ3v) is 4.50. The monoisotopic (exact) mass is 224 g/mol. The number of rotatable bonds is 3. The molecule has 1 N–H and O–H groups in total. The van der Waals surface area contributed by atoms with Crippen LogP contribution in [-0.2, 0) is 0 Å². The van der Waals surface area contributed by atoms with E-state index in [9.17, 15) is 0 Å². The summed E-state index contributed by atoms with van der Waals surface area (Å²) in [6.07, 6.45) is 7.10. The molecule has 2 unspecified atom stereocenters. The number of hydrogen-bond acceptors (Lipinski definition) is 2. The Bertz CT molecular complexity index is 223. The van der Waals surface area contributed by atoms with Crippen LogP contribution in [0.5, 0.6) is 0 Å². The highest BCUT2D eigenvalue weighted by Crippen LogP contribution is 2.40. The van der Waals surface area contributed by atoms with E-state index >= 15 is 0 Å². The molecule has 0 aromatic rings. The summed E-state index contributed by atoms with van der Waals surface area (Å²) >= 11 is 0. The van der Waals surface area contributed by atoms with Gasteiger partial charge in [-0.3, -0.25) is 0 Å². The maximum absolute atomic E-state index is 3.34. The molecule has 2 rings (SSSR count). The summed E-state index contributed by atoms with van der Waals surface area (Å²) in [4.78, 5) is 2.78. The van der Waals surface area contributed by atoms with Gasteiger partial charge in [0.05, 0.1) is 0 Å². The largest absolute Gasteiger partial charge is 0.319 e. The van der Waals surface area contributed by atoms with Gasteiger partial charge >= 0.3 is 0 Å². The van der Waals surface area contributed by atoms with Crippen LogP contribution >= 0.6 is 0 Å². The highest BCUT2D eigenvalue weighted by Gasteiger charge is 2.35. The van der Waals surface area contributed by atoms with Crippen molar-refractivity contribution in [1.82, 2.24) is 10.2 Å². The minimum absolute atomic E-state index is 0.598. The quantitative estimate of drug-likeness (QED) is 0.792. The van der Waals surface area contributed by atoms with Crippen LogP contribution in [0.4, 0.5) is 0 Å². The van der Waals surface area contributed by atoms with Crippen molar-refractivity contribution in [2.75, 3.05) is 26.7 Å². The summed E-state index contributed by atoms with van der Waals surface area (Å²) in [5.74, 6) is 0.891. The maximum atomic E-state index is 3.34. The van der Waals surface area contributed by atoms with E-state index in [0.29, 0.717) is 5.41 Å². The van der Waals surface area contributed by atoms with Crippen molar-refractivity contribution in [3.63, 3.8) is 0 Å². The highest BCUT2D eigenvalue weighted by atomic mass is 15.2. The summed E-state index contributed by atoms with van der Waals surface area (Å²) in [5.41, 5.74) is 0.598. The summed E-state index contributed by atoms with van der Waals surface area (Å²) in [6.45, 7) is 8.75. The van der Waals surface area contributed by atoms with Crippen LogP contribution in [-0.4, -0.2) is 37.6 Å². The van der Waals surface area contributed by atoms with Crippen LogP contribution in [0.2, 0.25) is 0 Å². The molecule has 0 amide bonds. The molecule has 0 spiro atoms. The zero-order valence-corrected chi connectivity index (χ0v) is 11.3. The summed E-state index contributed by atoms with van der Waals surface area (Å²) in [6, 6.07) is 0.884. The van der Waals surface area contributed by atoms with Crippen LogP contribution in [0.3, 0.4) is 0 Å². The van der Waals surface area contributed by atoms with Gasteiger partial charge in [-0.25, -0.2) is 0 Å². The number of likely N-dealkylation sites (tertiary alicyclic amines) is 1. The van der Waals surface area contributed by atoms with Gasteiger partial charge < -0.3 is 10.2 Å². The fourth-order valence-corrected chi connectivity index (χ4v) is 3.60. The number of nitrogens with one attached hydrogen (secondary N) is 1. The summed E-state index contributed by atoms with van der Waals surface area (Å²) in [7, 11) is 2.08. The molecule has 1 saturated heterocycles. The Labute approximate surface area is 101 Å². The molecule has 1 aliphatic heterocycles. The zero-order valence-electron chi connectivity index (χ0n) is 11.3. The molecule has 0 aromatic heterocycles. The third-order valence-electron chi connectivity index (χ3n) is 4.50. The molecule has 2 fully saturated rings. The molecule has 16 heavy (non-hydrogen) atoms. The first-order valence-electron chi connectivity index (χ1n) is 6.99. The molecule has 0 bridgehead atoms. The lowest BCUT2D eigenvalue weighted by atomic mass is 9.91. The topological polar surface area (TPSA) is 15.3 Å². The molecule has 2 atom stereocenters. The van der Waals surface area contributed by atoms with Crippen molar-refractivity contribution in [1.29, 1.82) is 0 Å². The zero-order chi connectivity index (χ0) is 11.6. The van der Waals surface area contributed by atoms with Gasteiger partial charge in [0.15, 0.2) is 0 Å². The van der Waals surface area contributed by atoms with Crippen LogP contribution in [0.15, 0.2) is 0 Å². The average Bonchev–Trinajstić information content (AvgIpc) is 2.60. The van der Waals surface area contributed by atoms with Gasteiger partial charge in [0.1, 0.15) is 0 Å². The van der Waals surface area contributed by atoms with Crippen LogP contribution in [0, 0.1) is 11.3 Å². The van der Waals surface area contributed by atoms with E-state index in [1.807, 2.05) is 0 Å². The molecule has 0 aromatic carbocycles. The van der Waals surface area contributed by atoms with Gasteiger partial charge in [0, 0.05) is 12.6 Å². The fourth-order valence-electron chi connectivity index (χ4n) is 3.60. The van der Waals surface area contributed by atoms with E-state index < -0.39 is 0 Å². The lowest BCUT2D eigenvalue weighted by molar-refractivity contribution is 0.118. The molecular formula is C14H28N2. The van der Waals surface area contributed by atoms with Crippen molar-refractivity contribution in [3.05, 3.63) is 0 Å².